The number of thiophene rings is 1. The molecule has 5 aromatic rings. The molecule has 0 bridgehead atoms. The number of nitrogens with one attached hydrogen (secondary N) is 1. The van der Waals surface area contributed by atoms with Gasteiger partial charge in [0.25, 0.3) is 5.56 Å². The molecular formula is C24H21N5OS2. The van der Waals surface area contributed by atoms with Crippen LogP contribution < -0.4 is 5.56 Å². The summed E-state index contributed by atoms with van der Waals surface area (Å²) in [6.45, 7) is 4.67. The van der Waals surface area contributed by atoms with Gasteiger partial charge in [0.1, 0.15) is 16.5 Å². The van der Waals surface area contributed by atoms with Crippen LogP contribution in [0.25, 0.3) is 21.3 Å². The lowest BCUT2D eigenvalue weighted by molar-refractivity contribution is 0.686. The molecule has 1 atom stereocenters. The minimum absolute atomic E-state index is 0.0903. The number of hydrogen-bond acceptors (Lipinski definition) is 6. The van der Waals surface area contributed by atoms with Crippen molar-refractivity contribution < 1.29 is 0 Å². The van der Waals surface area contributed by atoms with Gasteiger partial charge in [-0.05, 0) is 25.0 Å². The molecule has 2 aromatic carbocycles. The van der Waals surface area contributed by atoms with E-state index in [0.717, 1.165) is 26.9 Å². The summed E-state index contributed by atoms with van der Waals surface area (Å²) in [5.41, 5.74) is 3.01. The molecule has 1 N–H and O–H groups in total. The summed E-state index contributed by atoms with van der Waals surface area (Å²) >= 11 is 3.04. The lowest BCUT2D eigenvalue weighted by Crippen LogP contribution is -2.13. The Morgan fingerprint density at radius 1 is 1.06 bits per heavy atom. The van der Waals surface area contributed by atoms with Crippen molar-refractivity contribution in [3.05, 3.63) is 93.6 Å². The van der Waals surface area contributed by atoms with Crippen LogP contribution >= 0.6 is 23.1 Å². The fourth-order valence-electron chi connectivity index (χ4n) is 3.60. The largest absolute Gasteiger partial charge is 0.309 e. The molecule has 0 aliphatic rings. The number of aromatic amines is 1. The number of H-pyrrole nitrogens is 1. The number of aromatic nitrogens is 5. The number of fused-ring (bicyclic) bond motifs is 1. The Bertz CT molecular complexity index is 1420. The Kier molecular flexibility index (Phi) is 5.63. The zero-order valence-electron chi connectivity index (χ0n) is 17.6. The molecule has 160 valence electrons. The third kappa shape index (κ3) is 3.99. The minimum Gasteiger partial charge on any atom is -0.309 e. The molecule has 8 heteroatoms. The van der Waals surface area contributed by atoms with E-state index in [4.69, 9.17) is 4.98 Å². The van der Waals surface area contributed by atoms with Crippen LogP contribution in [0.1, 0.15) is 29.4 Å². The first-order chi connectivity index (χ1) is 15.6. The molecule has 0 radical (unpaired) electrons. The van der Waals surface area contributed by atoms with E-state index in [1.165, 1.54) is 16.9 Å². The topological polar surface area (TPSA) is 76.5 Å². The van der Waals surface area contributed by atoms with Crippen LogP contribution in [0.15, 0.2) is 76.0 Å². The second-order valence-corrected chi connectivity index (χ2v) is 9.67. The number of aryl methyl sites for hydroxylation is 1. The monoisotopic (exact) mass is 459 g/mol. The molecule has 0 aliphatic carbocycles. The fourth-order valence-corrected chi connectivity index (χ4v) is 5.51. The van der Waals surface area contributed by atoms with E-state index in [-0.39, 0.29) is 10.8 Å². The third-order valence-corrected chi connectivity index (χ3v) is 7.26. The molecule has 3 heterocycles. The number of nitrogens with zero attached hydrogens (tertiary/aromatic N) is 4. The van der Waals surface area contributed by atoms with Crippen molar-refractivity contribution in [1.82, 2.24) is 24.7 Å². The molecule has 6 nitrogen and oxygen atoms in total. The Morgan fingerprint density at radius 2 is 1.78 bits per heavy atom. The predicted octanol–water partition coefficient (Wildman–Crippen LogP) is 5.45. The van der Waals surface area contributed by atoms with E-state index in [9.17, 15) is 4.79 Å². The molecule has 1 unspecified atom stereocenters. The van der Waals surface area contributed by atoms with Gasteiger partial charge in [-0.2, -0.15) is 0 Å². The quantitative estimate of drug-likeness (QED) is 0.342. The standard InChI is InChI=1S/C24H21N5OS2/c1-15(32-24-28-27-16(2)29(24)13-17-9-5-3-6-10-17)21-25-22(30)20-19(14-31-23(20)26-21)18-11-7-4-8-12-18/h3-12,14-15H,13H2,1-2H3,(H,25,26,30). The van der Waals surface area contributed by atoms with Crippen molar-refractivity contribution in [3.63, 3.8) is 0 Å². The van der Waals surface area contributed by atoms with Crippen molar-refractivity contribution in [2.75, 3.05) is 0 Å². The van der Waals surface area contributed by atoms with Gasteiger partial charge in [-0.15, -0.1) is 21.5 Å². The Labute approximate surface area is 193 Å². The Morgan fingerprint density at radius 3 is 2.53 bits per heavy atom. The molecular weight excluding hydrogens is 438 g/mol. The summed E-state index contributed by atoms with van der Waals surface area (Å²) < 4.78 is 2.09. The molecule has 0 spiro atoms. The highest BCUT2D eigenvalue weighted by Gasteiger charge is 2.19. The van der Waals surface area contributed by atoms with Gasteiger partial charge >= 0.3 is 0 Å². The summed E-state index contributed by atoms with van der Waals surface area (Å²) in [6, 6.07) is 20.2. The highest BCUT2D eigenvalue weighted by molar-refractivity contribution is 7.99. The van der Waals surface area contributed by atoms with Crippen molar-refractivity contribution in [2.24, 2.45) is 0 Å². The highest BCUT2D eigenvalue weighted by Crippen LogP contribution is 2.35. The predicted molar refractivity (Wildman–Crippen MR) is 130 cm³/mol. The first-order valence-corrected chi connectivity index (χ1v) is 12.0. The molecule has 32 heavy (non-hydrogen) atoms. The van der Waals surface area contributed by atoms with Crippen LogP contribution in [0.2, 0.25) is 0 Å². The summed E-state index contributed by atoms with van der Waals surface area (Å²) in [6.07, 6.45) is 0. The maximum atomic E-state index is 13.0. The minimum atomic E-state index is -0.112. The molecule has 0 aliphatic heterocycles. The maximum Gasteiger partial charge on any atom is 0.260 e. The van der Waals surface area contributed by atoms with Crippen LogP contribution in [-0.4, -0.2) is 24.7 Å². The van der Waals surface area contributed by atoms with Crippen LogP contribution in [0.5, 0.6) is 0 Å². The second-order valence-electron chi connectivity index (χ2n) is 7.51. The van der Waals surface area contributed by atoms with Crippen molar-refractivity contribution >= 4 is 33.3 Å². The van der Waals surface area contributed by atoms with E-state index in [2.05, 4.69) is 31.9 Å². The number of benzene rings is 2. The molecule has 0 amide bonds. The summed E-state index contributed by atoms with van der Waals surface area (Å²) in [5.74, 6) is 1.49. The molecule has 0 saturated carbocycles. The Balaban J connectivity index is 1.44. The SMILES string of the molecule is Cc1nnc(SC(C)c2nc3scc(-c4ccccc4)c3c(=O)[nH]2)n1Cc1ccccc1. The van der Waals surface area contributed by atoms with Crippen LogP contribution in [0.3, 0.4) is 0 Å². The maximum absolute atomic E-state index is 13.0. The molecule has 5 rings (SSSR count). The summed E-state index contributed by atoms with van der Waals surface area (Å²) in [7, 11) is 0. The van der Waals surface area contributed by atoms with Crippen LogP contribution in [0, 0.1) is 6.92 Å². The van der Waals surface area contributed by atoms with Gasteiger partial charge in [-0.3, -0.25) is 4.79 Å². The first-order valence-electron chi connectivity index (χ1n) is 10.3. The zero-order valence-corrected chi connectivity index (χ0v) is 19.3. The number of hydrogen-bond donors (Lipinski definition) is 1. The Hall–Kier alpha value is -3.23. The van der Waals surface area contributed by atoms with Gasteiger partial charge in [-0.1, -0.05) is 72.4 Å². The van der Waals surface area contributed by atoms with Gasteiger partial charge in [0.15, 0.2) is 5.16 Å². The lowest BCUT2D eigenvalue weighted by atomic mass is 10.1. The zero-order chi connectivity index (χ0) is 22.1. The van der Waals surface area contributed by atoms with E-state index in [1.807, 2.05) is 67.8 Å². The first kappa shape index (κ1) is 20.7. The van der Waals surface area contributed by atoms with E-state index in [0.29, 0.717) is 17.8 Å². The molecule has 0 fully saturated rings. The average molecular weight is 460 g/mol. The van der Waals surface area contributed by atoms with Gasteiger partial charge in [-0.25, -0.2) is 4.98 Å². The van der Waals surface area contributed by atoms with Gasteiger partial charge in [0.05, 0.1) is 17.2 Å². The third-order valence-electron chi connectivity index (χ3n) is 5.30. The van der Waals surface area contributed by atoms with E-state index in [1.54, 1.807) is 11.8 Å². The lowest BCUT2D eigenvalue weighted by Gasteiger charge is -2.12. The number of rotatable bonds is 6. The van der Waals surface area contributed by atoms with E-state index < -0.39 is 0 Å². The normalized spacial score (nSPS) is 12.3. The summed E-state index contributed by atoms with van der Waals surface area (Å²) in [4.78, 5) is 21.5. The summed E-state index contributed by atoms with van der Waals surface area (Å²) in [5, 5.41) is 12.0. The van der Waals surface area contributed by atoms with Gasteiger partial charge in [0, 0.05) is 10.9 Å². The van der Waals surface area contributed by atoms with E-state index >= 15 is 0 Å². The average Bonchev–Trinajstić information content (AvgIpc) is 3.40. The van der Waals surface area contributed by atoms with Crippen molar-refractivity contribution in [1.29, 1.82) is 0 Å². The van der Waals surface area contributed by atoms with Gasteiger partial charge < -0.3 is 9.55 Å². The van der Waals surface area contributed by atoms with Crippen molar-refractivity contribution in [3.8, 4) is 11.1 Å². The van der Waals surface area contributed by atoms with Crippen LogP contribution in [0.4, 0.5) is 0 Å². The number of thioether (sulfide) groups is 1. The van der Waals surface area contributed by atoms with Crippen LogP contribution in [-0.2, 0) is 6.54 Å². The smallest absolute Gasteiger partial charge is 0.260 e. The molecule has 0 saturated heterocycles. The fraction of sp³-hybridized carbons (Fsp3) is 0.167. The molecule has 3 aromatic heterocycles. The van der Waals surface area contributed by atoms with Gasteiger partial charge in [0.2, 0.25) is 0 Å². The second kappa shape index (κ2) is 8.72. The van der Waals surface area contributed by atoms with Crippen molar-refractivity contribution in [2.45, 2.75) is 30.8 Å². The highest BCUT2D eigenvalue weighted by atomic mass is 32.2.